The van der Waals surface area contributed by atoms with Crippen molar-refractivity contribution in [2.45, 2.75) is 63.5 Å². The number of hydroxylamine groups is 2. The predicted octanol–water partition coefficient (Wildman–Crippen LogP) is 2.13. The standard InChI is InChI=1S/C14H22N2O5/c17-13(8-10-4-2-1-3-5-10)12-7-6-11-9-15(12)14(18)16(11)20-21-19/h10-12,19H,1-9H2/t11-,12+/m1/s1. The van der Waals surface area contributed by atoms with Gasteiger partial charge in [0.05, 0.1) is 12.1 Å². The number of nitrogens with zero attached hydrogens (tertiary/aromatic N) is 2. The lowest BCUT2D eigenvalue weighted by molar-refractivity contribution is -0.556. The number of fused-ring (bicyclic) bond motifs is 2. The number of piperidine rings is 1. The molecule has 2 amide bonds. The van der Waals surface area contributed by atoms with Crippen molar-refractivity contribution in [2.24, 2.45) is 5.92 Å². The van der Waals surface area contributed by atoms with Crippen LogP contribution in [0.4, 0.5) is 4.79 Å². The lowest BCUT2D eigenvalue weighted by atomic mass is 9.83. The number of Topliss-reactive ketones (excluding diaryl/α,β-unsaturated/α-hetero) is 1. The molecule has 2 atom stereocenters. The summed E-state index contributed by atoms with van der Waals surface area (Å²) in [5.41, 5.74) is 0. The molecule has 2 aliphatic heterocycles. The average molecular weight is 298 g/mol. The molecule has 2 saturated heterocycles. The van der Waals surface area contributed by atoms with E-state index >= 15 is 0 Å². The molecule has 2 bridgehead atoms. The van der Waals surface area contributed by atoms with Crippen LogP contribution in [-0.4, -0.2) is 45.7 Å². The molecule has 0 unspecified atom stereocenters. The highest BCUT2D eigenvalue weighted by Crippen LogP contribution is 2.33. The Morgan fingerprint density at radius 3 is 2.67 bits per heavy atom. The number of carbonyl (C=O) groups is 2. The Labute approximate surface area is 123 Å². The van der Waals surface area contributed by atoms with E-state index in [9.17, 15) is 9.59 Å². The zero-order valence-electron chi connectivity index (χ0n) is 12.1. The SMILES string of the molecule is O=C(CC1CCCCC1)[C@@H]1CC[C@@H]2CN1C(=O)N2OOO. The van der Waals surface area contributed by atoms with Crippen molar-refractivity contribution in [3.63, 3.8) is 0 Å². The van der Waals surface area contributed by atoms with E-state index in [2.05, 4.69) is 10.0 Å². The van der Waals surface area contributed by atoms with E-state index in [-0.39, 0.29) is 17.9 Å². The van der Waals surface area contributed by atoms with E-state index in [0.29, 0.717) is 31.7 Å². The van der Waals surface area contributed by atoms with Crippen LogP contribution in [0.2, 0.25) is 0 Å². The van der Waals surface area contributed by atoms with Crippen molar-refractivity contribution in [3.8, 4) is 0 Å². The van der Waals surface area contributed by atoms with Crippen molar-refractivity contribution in [1.29, 1.82) is 0 Å². The van der Waals surface area contributed by atoms with Gasteiger partial charge in [0.1, 0.15) is 0 Å². The fraction of sp³-hybridized carbons (Fsp3) is 0.857. The lowest BCUT2D eigenvalue weighted by Gasteiger charge is -2.31. The van der Waals surface area contributed by atoms with Crippen LogP contribution in [0.15, 0.2) is 0 Å². The van der Waals surface area contributed by atoms with E-state index in [1.807, 2.05) is 0 Å². The molecule has 0 spiro atoms. The summed E-state index contributed by atoms with van der Waals surface area (Å²) < 4.78 is 0. The third-order valence-electron chi connectivity index (χ3n) is 5.02. The maximum absolute atomic E-state index is 12.5. The molecule has 1 N–H and O–H groups in total. The molecule has 0 aromatic carbocycles. The average Bonchev–Trinajstić information content (AvgIpc) is 2.74. The molecule has 21 heavy (non-hydrogen) atoms. The molecule has 0 aromatic rings. The molecular weight excluding hydrogens is 276 g/mol. The summed E-state index contributed by atoms with van der Waals surface area (Å²) in [5.74, 6) is 0.648. The fourth-order valence-electron chi connectivity index (χ4n) is 3.91. The van der Waals surface area contributed by atoms with Crippen LogP contribution >= 0.6 is 0 Å². The second-order valence-corrected chi connectivity index (χ2v) is 6.33. The molecule has 1 aliphatic carbocycles. The molecule has 7 heteroatoms. The van der Waals surface area contributed by atoms with Gasteiger partial charge in [-0.05, 0) is 23.8 Å². The van der Waals surface area contributed by atoms with E-state index in [1.54, 1.807) is 4.90 Å². The highest BCUT2D eigenvalue weighted by atomic mass is 17.5. The summed E-state index contributed by atoms with van der Waals surface area (Å²) in [6, 6.07) is -0.889. The highest BCUT2D eigenvalue weighted by molar-refractivity contribution is 5.90. The number of rotatable bonds is 5. The van der Waals surface area contributed by atoms with Gasteiger partial charge in [0, 0.05) is 13.0 Å². The van der Waals surface area contributed by atoms with Gasteiger partial charge in [-0.15, -0.1) is 0 Å². The van der Waals surface area contributed by atoms with Crippen LogP contribution in [-0.2, 0) is 14.8 Å². The molecular formula is C14H22N2O5. The highest BCUT2D eigenvalue weighted by Gasteiger charge is 2.48. The number of hydrogen-bond donors (Lipinski definition) is 1. The molecule has 3 rings (SSSR count). The second-order valence-electron chi connectivity index (χ2n) is 6.33. The van der Waals surface area contributed by atoms with Crippen LogP contribution in [0.25, 0.3) is 0 Å². The van der Waals surface area contributed by atoms with Gasteiger partial charge in [-0.1, -0.05) is 37.1 Å². The number of urea groups is 1. The second kappa shape index (κ2) is 6.29. The van der Waals surface area contributed by atoms with Crippen molar-refractivity contribution < 1.29 is 24.9 Å². The largest absolute Gasteiger partial charge is 0.347 e. The fourth-order valence-corrected chi connectivity index (χ4v) is 3.91. The Morgan fingerprint density at radius 1 is 1.19 bits per heavy atom. The van der Waals surface area contributed by atoms with Crippen LogP contribution in [0.5, 0.6) is 0 Å². The van der Waals surface area contributed by atoms with Crippen molar-refractivity contribution in [1.82, 2.24) is 9.96 Å². The summed E-state index contributed by atoms with van der Waals surface area (Å²) in [6.45, 7) is 0.462. The van der Waals surface area contributed by atoms with E-state index in [4.69, 9.17) is 5.26 Å². The van der Waals surface area contributed by atoms with Gasteiger partial charge in [-0.3, -0.25) is 4.79 Å². The molecule has 2 heterocycles. The first-order valence-corrected chi connectivity index (χ1v) is 7.81. The van der Waals surface area contributed by atoms with Crippen LogP contribution in [0.1, 0.15) is 51.4 Å². The predicted molar refractivity (Wildman–Crippen MR) is 71.7 cm³/mol. The molecule has 0 radical (unpaired) electrons. The molecule has 7 nitrogen and oxygen atoms in total. The van der Waals surface area contributed by atoms with E-state index < -0.39 is 6.03 Å². The molecule has 3 aliphatic rings. The van der Waals surface area contributed by atoms with Crippen molar-refractivity contribution >= 4 is 11.8 Å². The first-order valence-electron chi connectivity index (χ1n) is 7.81. The zero-order chi connectivity index (χ0) is 14.8. The van der Waals surface area contributed by atoms with Gasteiger partial charge in [0.2, 0.25) is 0 Å². The minimum atomic E-state index is -0.395. The monoisotopic (exact) mass is 298 g/mol. The summed E-state index contributed by atoms with van der Waals surface area (Å²) >= 11 is 0. The molecule has 0 aromatic heterocycles. The molecule has 118 valence electrons. The molecule has 3 fully saturated rings. The number of ketones is 1. The van der Waals surface area contributed by atoms with Gasteiger partial charge >= 0.3 is 6.03 Å². The lowest BCUT2D eigenvalue weighted by Crippen LogP contribution is -2.45. The summed E-state index contributed by atoms with van der Waals surface area (Å²) in [7, 11) is 0. The van der Waals surface area contributed by atoms with Crippen molar-refractivity contribution in [2.75, 3.05) is 6.54 Å². The Kier molecular flexibility index (Phi) is 4.42. The Morgan fingerprint density at radius 2 is 1.95 bits per heavy atom. The van der Waals surface area contributed by atoms with E-state index in [0.717, 1.165) is 17.9 Å². The Hall–Kier alpha value is -1.18. The Balaban J connectivity index is 1.61. The van der Waals surface area contributed by atoms with Crippen LogP contribution in [0, 0.1) is 5.92 Å². The number of hydrogen-bond acceptors (Lipinski definition) is 5. The van der Waals surface area contributed by atoms with Gasteiger partial charge in [-0.25, -0.2) is 10.1 Å². The maximum atomic E-state index is 12.5. The van der Waals surface area contributed by atoms with Gasteiger partial charge in [-0.2, -0.15) is 5.06 Å². The van der Waals surface area contributed by atoms with Crippen LogP contribution in [0.3, 0.4) is 0 Å². The number of carbonyl (C=O) groups excluding carboxylic acids is 2. The van der Waals surface area contributed by atoms with Crippen LogP contribution < -0.4 is 0 Å². The summed E-state index contributed by atoms with van der Waals surface area (Å²) in [5, 5.41) is 13.0. The third-order valence-corrected chi connectivity index (χ3v) is 5.02. The zero-order valence-corrected chi connectivity index (χ0v) is 12.1. The minimum Gasteiger partial charge on any atom is -0.311 e. The summed E-state index contributed by atoms with van der Waals surface area (Å²) in [4.78, 5) is 30.7. The van der Waals surface area contributed by atoms with Gasteiger partial charge < -0.3 is 4.90 Å². The first-order chi connectivity index (χ1) is 10.2. The topological polar surface area (TPSA) is 79.3 Å². The maximum Gasteiger partial charge on any atom is 0.347 e. The number of amides is 2. The smallest absolute Gasteiger partial charge is 0.311 e. The Bertz CT molecular complexity index is 410. The quantitative estimate of drug-likeness (QED) is 0.621. The third kappa shape index (κ3) is 2.90. The van der Waals surface area contributed by atoms with Gasteiger partial charge in [0.25, 0.3) is 0 Å². The van der Waals surface area contributed by atoms with Gasteiger partial charge in [0.15, 0.2) is 5.78 Å². The van der Waals surface area contributed by atoms with E-state index in [1.165, 1.54) is 19.3 Å². The van der Waals surface area contributed by atoms with Crippen molar-refractivity contribution in [3.05, 3.63) is 0 Å². The minimum absolute atomic E-state index is 0.150. The summed E-state index contributed by atoms with van der Waals surface area (Å²) in [6.07, 6.45) is 7.88. The first kappa shape index (κ1) is 14.7. The normalized spacial score (nSPS) is 30.0. The molecule has 1 saturated carbocycles.